The van der Waals surface area contributed by atoms with E-state index in [1.165, 1.54) is 6.42 Å². The standard InChI is InChI=1S/C18H27Cl2N2O2P/c19-10-12-21(13-11-20)25(23)22(14-16-6-2-1-3-7-16)15-17-8-4-5-9-18(17)24-25/h1-3,6-7,17-18H,4-5,8-15H2/t17-,18-,25?/m0/s1. The van der Waals surface area contributed by atoms with Gasteiger partial charge < -0.3 is 4.52 Å². The lowest BCUT2D eigenvalue weighted by Gasteiger charge is -2.48. The van der Waals surface area contributed by atoms with Crippen molar-refractivity contribution in [2.45, 2.75) is 38.3 Å². The third-order valence-electron chi connectivity index (χ3n) is 5.17. The predicted octanol–water partition coefficient (Wildman–Crippen LogP) is 4.97. The van der Waals surface area contributed by atoms with E-state index in [2.05, 4.69) is 12.1 Å². The van der Waals surface area contributed by atoms with Crippen LogP contribution in [0.25, 0.3) is 0 Å². The fourth-order valence-corrected chi connectivity index (χ4v) is 7.25. The first-order chi connectivity index (χ1) is 12.2. The Morgan fingerprint density at radius 2 is 1.80 bits per heavy atom. The molecule has 1 aromatic rings. The first-order valence-electron chi connectivity index (χ1n) is 9.12. The Labute approximate surface area is 161 Å². The van der Waals surface area contributed by atoms with Crippen molar-refractivity contribution < 1.29 is 9.09 Å². The molecule has 2 aliphatic rings. The van der Waals surface area contributed by atoms with Crippen molar-refractivity contribution in [1.29, 1.82) is 0 Å². The lowest BCUT2D eigenvalue weighted by atomic mass is 9.86. The minimum absolute atomic E-state index is 0.0970. The van der Waals surface area contributed by atoms with Gasteiger partial charge in [-0.1, -0.05) is 43.2 Å². The number of halogens is 2. The molecule has 1 aliphatic carbocycles. The van der Waals surface area contributed by atoms with E-state index in [1.54, 1.807) is 0 Å². The Kier molecular flexibility index (Phi) is 7.25. The van der Waals surface area contributed by atoms with Gasteiger partial charge in [0, 0.05) is 37.9 Å². The first kappa shape index (κ1) is 19.7. The molecule has 0 N–H and O–H groups in total. The second-order valence-electron chi connectivity index (χ2n) is 6.84. The van der Waals surface area contributed by atoms with Crippen molar-refractivity contribution in [2.75, 3.05) is 31.4 Å². The summed E-state index contributed by atoms with van der Waals surface area (Å²) in [6, 6.07) is 10.2. The average Bonchev–Trinajstić information content (AvgIpc) is 2.63. The van der Waals surface area contributed by atoms with Crippen LogP contribution in [0, 0.1) is 5.92 Å². The number of rotatable bonds is 7. The zero-order chi connectivity index (χ0) is 17.7. The summed E-state index contributed by atoms with van der Waals surface area (Å²) in [6.45, 7) is 2.49. The number of nitrogens with zero attached hydrogens (tertiary/aromatic N) is 2. The number of fused-ring (bicyclic) bond motifs is 1. The molecule has 1 heterocycles. The zero-order valence-electron chi connectivity index (χ0n) is 14.5. The fraction of sp³-hybridized carbons (Fsp3) is 0.667. The van der Waals surface area contributed by atoms with Gasteiger partial charge in [0.15, 0.2) is 0 Å². The van der Waals surface area contributed by atoms with Crippen LogP contribution < -0.4 is 0 Å². The van der Waals surface area contributed by atoms with Crippen molar-refractivity contribution in [3.8, 4) is 0 Å². The molecule has 7 heteroatoms. The minimum Gasteiger partial charge on any atom is -0.302 e. The maximum atomic E-state index is 14.0. The van der Waals surface area contributed by atoms with Crippen LogP contribution in [-0.4, -0.2) is 46.8 Å². The normalized spacial score (nSPS) is 30.4. The van der Waals surface area contributed by atoms with Gasteiger partial charge in [0.05, 0.1) is 6.10 Å². The molecule has 3 rings (SSSR count). The van der Waals surface area contributed by atoms with Crippen LogP contribution in [0.3, 0.4) is 0 Å². The summed E-state index contributed by atoms with van der Waals surface area (Å²) >= 11 is 12.0. The average molecular weight is 405 g/mol. The summed E-state index contributed by atoms with van der Waals surface area (Å²) in [4.78, 5) is 0. The molecule has 4 nitrogen and oxygen atoms in total. The third kappa shape index (κ3) is 4.61. The summed E-state index contributed by atoms with van der Waals surface area (Å²) < 4.78 is 24.3. The second kappa shape index (κ2) is 9.21. The van der Waals surface area contributed by atoms with Crippen LogP contribution in [0.2, 0.25) is 0 Å². The fourth-order valence-electron chi connectivity index (χ4n) is 3.89. The summed E-state index contributed by atoms with van der Waals surface area (Å²) in [5.41, 5.74) is 1.15. The molecular formula is C18H27Cl2N2O2P. The van der Waals surface area contributed by atoms with Gasteiger partial charge >= 0.3 is 7.67 Å². The largest absolute Gasteiger partial charge is 0.346 e. The van der Waals surface area contributed by atoms with Crippen molar-refractivity contribution in [3.63, 3.8) is 0 Å². The quantitative estimate of drug-likeness (QED) is 0.474. The highest BCUT2D eigenvalue weighted by Crippen LogP contribution is 2.60. The van der Waals surface area contributed by atoms with Crippen molar-refractivity contribution in [3.05, 3.63) is 35.9 Å². The lowest BCUT2D eigenvalue weighted by molar-refractivity contribution is 0.0221. The Bertz CT molecular complexity index is 584. The molecule has 0 spiro atoms. The highest BCUT2D eigenvalue weighted by atomic mass is 35.5. The van der Waals surface area contributed by atoms with E-state index < -0.39 is 7.67 Å². The molecule has 1 aliphatic heterocycles. The van der Waals surface area contributed by atoms with Crippen LogP contribution in [-0.2, 0) is 15.6 Å². The molecule has 2 fully saturated rings. The van der Waals surface area contributed by atoms with E-state index in [-0.39, 0.29) is 6.10 Å². The second-order valence-corrected chi connectivity index (χ2v) is 9.92. The molecule has 0 aromatic heterocycles. The minimum atomic E-state index is -3.12. The third-order valence-corrected chi connectivity index (χ3v) is 8.18. The summed E-state index contributed by atoms with van der Waals surface area (Å²) in [6.07, 6.45) is 4.65. The van der Waals surface area contributed by atoms with Gasteiger partial charge in [0.1, 0.15) is 0 Å². The molecular weight excluding hydrogens is 378 g/mol. The van der Waals surface area contributed by atoms with Gasteiger partial charge in [-0.15, -0.1) is 23.2 Å². The van der Waals surface area contributed by atoms with E-state index in [0.717, 1.165) is 31.4 Å². The zero-order valence-corrected chi connectivity index (χ0v) is 16.9. The highest BCUT2D eigenvalue weighted by molar-refractivity contribution is 7.54. The van der Waals surface area contributed by atoms with Gasteiger partial charge in [-0.05, 0) is 24.3 Å². The highest BCUT2D eigenvalue weighted by Gasteiger charge is 2.48. The van der Waals surface area contributed by atoms with E-state index in [1.807, 2.05) is 27.5 Å². The Morgan fingerprint density at radius 1 is 1.12 bits per heavy atom. The Balaban J connectivity index is 1.87. The molecule has 1 unspecified atom stereocenters. The summed E-state index contributed by atoms with van der Waals surface area (Å²) in [7, 11) is -3.12. The van der Waals surface area contributed by atoms with Gasteiger partial charge in [-0.3, -0.25) is 4.57 Å². The van der Waals surface area contributed by atoms with Crippen LogP contribution >= 0.6 is 30.9 Å². The number of benzene rings is 1. The van der Waals surface area contributed by atoms with Gasteiger partial charge in [0.25, 0.3) is 0 Å². The van der Waals surface area contributed by atoms with Crippen molar-refractivity contribution >= 4 is 30.9 Å². The van der Waals surface area contributed by atoms with E-state index >= 15 is 0 Å². The lowest BCUT2D eigenvalue weighted by Crippen LogP contribution is -2.47. The molecule has 140 valence electrons. The van der Waals surface area contributed by atoms with Crippen LogP contribution in [0.5, 0.6) is 0 Å². The summed E-state index contributed by atoms with van der Waals surface area (Å²) in [5.74, 6) is 1.29. The molecule has 1 saturated carbocycles. The smallest absolute Gasteiger partial charge is 0.302 e. The molecule has 25 heavy (non-hydrogen) atoms. The molecule has 0 amide bonds. The van der Waals surface area contributed by atoms with Crippen LogP contribution in [0.4, 0.5) is 0 Å². The molecule has 3 atom stereocenters. The topological polar surface area (TPSA) is 32.8 Å². The molecule has 0 bridgehead atoms. The summed E-state index contributed by atoms with van der Waals surface area (Å²) in [5, 5.41) is 0. The number of hydrogen-bond acceptors (Lipinski definition) is 2. The first-order valence-corrected chi connectivity index (χ1v) is 11.7. The molecule has 0 radical (unpaired) electrons. The number of alkyl halides is 2. The van der Waals surface area contributed by atoms with Crippen LogP contribution in [0.15, 0.2) is 30.3 Å². The van der Waals surface area contributed by atoms with Gasteiger partial charge in [-0.25, -0.2) is 9.34 Å². The SMILES string of the molecule is O=P1(N(CCCl)CCCl)O[C@H]2CCCC[C@H]2CN1Cc1ccccc1. The number of hydrogen-bond donors (Lipinski definition) is 0. The Hall–Kier alpha value is -0.0900. The molecule has 1 saturated heterocycles. The van der Waals surface area contributed by atoms with Crippen LogP contribution in [0.1, 0.15) is 31.2 Å². The van der Waals surface area contributed by atoms with E-state index in [4.69, 9.17) is 27.7 Å². The van der Waals surface area contributed by atoms with Crippen molar-refractivity contribution in [2.24, 2.45) is 5.92 Å². The maximum Gasteiger partial charge on any atom is 0.346 e. The van der Waals surface area contributed by atoms with Gasteiger partial charge in [-0.2, -0.15) is 0 Å². The maximum absolute atomic E-state index is 14.0. The monoisotopic (exact) mass is 404 g/mol. The van der Waals surface area contributed by atoms with Crippen molar-refractivity contribution in [1.82, 2.24) is 9.34 Å². The molecule has 1 aromatic carbocycles. The Morgan fingerprint density at radius 3 is 2.48 bits per heavy atom. The predicted molar refractivity (Wildman–Crippen MR) is 104 cm³/mol. The van der Waals surface area contributed by atoms with E-state index in [0.29, 0.717) is 37.3 Å². The van der Waals surface area contributed by atoms with E-state index in [9.17, 15) is 4.57 Å². The van der Waals surface area contributed by atoms with Gasteiger partial charge in [0.2, 0.25) is 0 Å².